The molecule has 1 fully saturated rings. The third-order valence-corrected chi connectivity index (χ3v) is 4.23. The molecule has 0 spiro atoms. The zero-order chi connectivity index (χ0) is 13.1. The van der Waals surface area contributed by atoms with E-state index in [-0.39, 0.29) is 0 Å². The van der Waals surface area contributed by atoms with Gasteiger partial charge in [0, 0.05) is 6.42 Å². The first kappa shape index (κ1) is 13.1. The number of carboxylic acids is 1. The van der Waals surface area contributed by atoms with Crippen LogP contribution in [0.15, 0.2) is 18.2 Å². The fraction of sp³-hybridized carbons (Fsp3) is 0.562. The van der Waals surface area contributed by atoms with Crippen molar-refractivity contribution in [3.05, 3.63) is 34.9 Å². The van der Waals surface area contributed by atoms with E-state index in [0.29, 0.717) is 18.3 Å². The highest BCUT2D eigenvalue weighted by molar-refractivity contribution is 5.67. The van der Waals surface area contributed by atoms with Crippen LogP contribution in [0.1, 0.15) is 42.4 Å². The van der Waals surface area contributed by atoms with Gasteiger partial charge in [-0.3, -0.25) is 4.79 Å². The predicted molar refractivity (Wildman–Crippen MR) is 72.7 cm³/mol. The van der Waals surface area contributed by atoms with Crippen LogP contribution in [0.25, 0.3) is 0 Å². The zero-order valence-electron chi connectivity index (χ0n) is 11.3. The molecule has 2 unspecified atom stereocenters. The largest absolute Gasteiger partial charge is 0.481 e. The molecular weight excluding hydrogens is 224 g/mol. The lowest BCUT2D eigenvalue weighted by Crippen LogP contribution is -2.15. The van der Waals surface area contributed by atoms with Crippen molar-refractivity contribution >= 4 is 5.97 Å². The lowest BCUT2D eigenvalue weighted by Gasteiger charge is -2.19. The number of carbonyl (C=O) groups is 1. The van der Waals surface area contributed by atoms with Crippen LogP contribution in [-0.2, 0) is 11.2 Å². The number of aryl methyl sites for hydroxylation is 2. The topological polar surface area (TPSA) is 37.3 Å². The van der Waals surface area contributed by atoms with Crippen molar-refractivity contribution in [2.75, 3.05) is 0 Å². The van der Waals surface area contributed by atoms with Gasteiger partial charge in [-0.25, -0.2) is 0 Å². The van der Waals surface area contributed by atoms with Gasteiger partial charge in [0.2, 0.25) is 0 Å². The van der Waals surface area contributed by atoms with Gasteiger partial charge in [0.1, 0.15) is 0 Å². The van der Waals surface area contributed by atoms with Crippen LogP contribution >= 0.6 is 0 Å². The summed E-state index contributed by atoms with van der Waals surface area (Å²) < 4.78 is 0. The fourth-order valence-electron chi connectivity index (χ4n) is 3.23. The molecular formula is C16H22O2. The third kappa shape index (κ3) is 3.12. The van der Waals surface area contributed by atoms with Crippen molar-refractivity contribution in [3.8, 4) is 0 Å². The van der Waals surface area contributed by atoms with Crippen molar-refractivity contribution in [1.29, 1.82) is 0 Å². The summed E-state index contributed by atoms with van der Waals surface area (Å²) >= 11 is 0. The summed E-state index contributed by atoms with van der Waals surface area (Å²) in [6.07, 6.45) is 4.85. The molecule has 0 bridgehead atoms. The second-order valence-electron chi connectivity index (χ2n) is 5.68. The summed E-state index contributed by atoms with van der Waals surface area (Å²) in [5.74, 6) is 0.290. The van der Waals surface area contributed by atoms with E-state index >= 15 is 0 Å². The number of hydrogen-bond acceptors (Lipinski definition) is 1. The van der Waals surface area contributed by atoms with Gasteiger partial charge in [0.15, 0.2) is 0 Å². The monoisotopic (exact) mass is 246 g/mol. The molecule has 1 N–H and O–H groups in total. The van der Waals surface area contributed by atoms with Crippen LogP contribution in [-0.4, -0.2) is 11.1 Å². The van der Waals surface area contributed by atoms with E-state index in [2.05, 4.69) is 32.0 Å². The molecule has 0 amide bonds. The number of carboxylic acid groups (broad SMARTS) is 1. The second kappa shape index (κ2) is 5.55. The smallest absolute Gasteiger partial charge is 0.303 e. The van der Waals surface area contributed by atoms with Gasteiger partial charge >= 0.3 is 5.97 Å². The maximum Gasteiger partial charge on any atom is 0.303 e. The maximum atomic E-state index is 10.9. The second-order valence-corrected chi connectivity index (χ2v) is 5.68. The van der Waals surface area contributed by atoms with Gasteiger partial charge in [-0.1, -0.05) is 30.2 Å². The fourth-order valence-corrected chi connectivity index (χ4v) is 3.23. The summed E-state index contributed by atoms with van der Waals surface area (Å²) in [6, 6.07) is 6.58. The molecule has 0 aromatic heterocycles. The molecule has 98 valence electrons. The van der Waals surface area contributed by atoms with Gasteiger partial charge in [-0.15, -0.1) is 0 Å². The number of aliphatic carboxylic acids is 1. The molecule has 2 atom stereocenters. The van der Waals surface area contributed by atoms with Crippen LogP contribution in [0.5, 0.6) is 0 Å². The lowest BCUT2D eigenvalue weighted by atomic mass is 9.86. The summed E-state index contributed by atoms with van der Waals surface area (Å²) in [4.78, 5) is 10.9. The molecule has 1 aromatic rings. The summed E-state index contributed by atoms with van der Waals surface area (Å²) in [7, 11) is 0. The summed E-state index contributed by atoms with van der Waals surface area (Å²) in [5, 5.41) is 8.95. The average Bonchev–Trinajstić information content (AvgIpc) is 2.69. The first-order valence-corrected chi connectivity index (χ1v) is 6.84. The molecule has 2 rings (SSSR count). The highest BCUT2D eigenvalue weighted by atomic mass is 16.4. The zero-order valence-corrected chi connectivity index (χ0v) is 11.3. The standard InChI is InChI=1S/C16H22O2/c1-11-6-7-13(12(2)8-11)9-14-4-3-5-15(14)10-16(17)18/h6-8,14-15H,3-5,9-10H2,1-2H3,(H,17,18). The van der Waals surface area contributed by atoms with Gasteiger partial charge in [0.25, 0.3) is 0 Å². The molecule has 1 aliphatic carbocycles. The first-order chi connectivity index (χ1) is 8.56. The van der Waals surface area contributed by atoms with E-state index in [1.165, 1.54) is 29.5 Å². The molecule has 1 aliphatic rings. The van der Waals surface area contributed by atoms with E-state index < -0.39 is 5.97 Å². The Morgan fingerprint density at radius 2 is 2.00 bits per heavy atom. The summed E-state index contributed by atoms with van der Waals surface area (Å²) in [6.45, 7) is 4.27. The van der Waals surface area contributed by atoms with Gasteiger partial charge < -0.3 is 5.11 Å². The number of benzene rings is 1. The Morgan fingerprint density at radius 3 is 2.67 bits per heavy atom. The minimum atomic E-state index is -0.646. The van der Waals surface area contributed by atoms with E-state index in [9.17, 15) is 4.79 Å². The van der Waals surface area contributed by atoms with Gasteiger partial charge in [-0.2, -0.15) is 0 Å². The van der Waals surface area contributed by atoms with Crippen molar-refractivity contribution in [3.63, 3.8) is 0 Å². The molecule has 1 aromatic carbocycles. The Bertz CT molecular complexity index is 437. The van der Waals surface area contributed by atoms with Crippen LogP contribution < -0.4 is 0 Å². The molecule has 1 saturated carbocycles. The van der Waals surface area contributed by atoms with E-state index in [0.717, 1.165) is 12.8 Å². The normalized spacial score (nSPS) is 23.2. The minimum absolute atomic E-state index is 0.343. The maximum absolute atomic E-state index is 10.9. The number of rotatable bonds is 4. The van der Waals surface area contributed by atoms with E-state index in [1.807, 2.05) is 0 Å². The molecule has 2 heteroatoms. The van der Waals surface area contributed by atoms with Crippen LogP contribution in [0.3, 0.4) is 0 Å². The van der Waals surface area contributed by atoms with Crippen LogP contribution in [0.2, 0.25) is 0 Å². The van der Waals surface area contributed by atoms with Crippen LogP contribution in [0.4, 0.5) is 0 Å². The molecule has 0 heterocycles. The Labute approximate surface area is 109 Å². The van der Waals surface area contributed by atoms with Crippen molar-refractivity contribution < 1.29 is 9.90 Å². The molecule has 0 radical (unpaired) electrons. The Balaban J connectivity index is 2.05. The lowest BCUT2D eigenvalue weighted by molar-refractivity contribution is -0.138. The van der Waals surface area contributed by atoms with Crippen molar-refractivity contribution in [2.24, 2.45) is 11.8 Å². The van der Waals surface area contributed by atoms with E-state index in [1.54, 1.807) is 0 Å². The summed E-state index contributed by atoms with van der Waals surface area (Å²) in [5.41, 5.74) is 4.03. The first-order valence-electron chi connectivity index (χ1n) is 6.84. The van der Waals surface area contributed by atoms with Gasteiger partial charge in [-0.05, 0) is 56.1 Å². The average molecular weight is 246 g/mol. The van der Waals surface area contributed by atoms with Crippen molar-refractivity contribution in [1.82, 2.24) is 0 Å². The third-order valence-electron chi connectivity index (χ3n) is 4.23. The van der Waals surface area contributed by atoms with E-state index in [4.69, 9.17) is 5.11 Å². The highest BCUT2D eigenvalue weighted by Gasteiger charge is 2.29. The van der Waals surface area contributed by atoms with Gasteiger partial charge in [0.05, 0.1) is 0 Å². The molecule has 0 aliphatic heterocycles. The molecule has 0 saturated heterocycles. The highest BCUT2D eigenvalue weighted by Crippen LogP contribution is 2.36. The number of hydrogen-bond donors (Lipinski definition) is 1. The Hall–Kier alpha value is -1.31. The minimum Gasteiger partial charge on any atom is -0.481 e. The Morgan fingerprint density at radius 1 is 1.28 bits per heavy atom. The molecule has 18 heavy (non-hydrogen) atoms. The van der Waals surface area contributed by atoms with Crippen molar-refractivity contribution in [2.45, 2.75) is 46.0 Å². The SMILES string of the molecule is Cc1ccc(CC2CCCC2CC(=O)O)c(C)c1. The quantitative estimate of drug-likeness (QED) is 0.878. The molecule has 2 nitrogen and oxygen atoms in total. The Kier molecular flexibility index (Phi) is 4.05. The van der Waals surface area contributed by atoms with Crippen LogP contribution in [0, 0.1) is 25.7 Å². The predicted octanol–water partition coefficient (Wildman–Crippen LogP) is 3.74.